The number of hydrogen-bond acceptors (Lipinski definition) is 2. The number of carbonyl (C=O) groups is 1. The van der Waals surface area contributed by atoms with E-state index >= 15 is 0 Å². The molecule has 4 rings (SSSR count). The van der Waals surface area contributed by atoms with Crippen LogP contribution in [0.1, 0.15) is 12.0 Å². The van der Waals surface area contributed by atoms with Gasteiger partial charge in [-0.15, -0.1) is 0 Å². The molecule has 4 nitrogen and oxygen atoms in total. The van der Waals surface area contributed by atoms with Crippen molar-refractivity contribution < 1.29 is 26.7 Å². The van der Waals surface area contributed by atoms with Crippen molar-refractivity contribution >= 4 is 16.9 Å². The van der Waals surface area contributed by atoms with E-state index in [1.165, 1.54) is 16.7 Å². The molecule has 1 aliphatic rings. The van der Waals surface area contributed by atoms with Crippen LogP contribution in [0, 0.1) is 11.6 Å². The monoisotopic (exact) mass is 395 g/mol. The van der Waals surface area contributed by atoms with Crippen LogP contribution in [0.4, 0.5) is 22.0 Å². The molecule has 0 aliphatic carbocycles. The number of benzene rings is 1. The van der Waals surface area contributed by atoms with Crippen LogP contribution in [0.5, 0.6) is 0 Å². The third-order valence-corrected chi connectivity index (χ3v) is 4.80. The highest BCUT2D eigenvalue weighted by molar-refractivity contribution is 5.85. The first-order chi connectivity index (χ1) is 13.3. The molecular formula is C19H14F5N3O. The molecule has 0 unspecified atom stereocenters. The van der Waals surface area contributed by atoms with Crippen LogP contribution in [0.15, 0.2) is 36.7 Å². The van der Waals surface area contributed by atoms with E-state index in [4.69, 9.17) is 0 Å². The number of pyridine rings is 1. The maximum absolute atomic E-state index is 14.4. The van der Waals surface area contributed by atoms with E-state index in [1.54, 1.807) is 4.90 Å². The SMILES string of the molecule is O=C(Cn1cc(F)c2ncc(-c3cccc(C(F)(F)F)c3F)cc21)N1CCC1. The number of carbonyl (C=O) groups excluding carboxylic acids is 1. The van der Waals surface area contributed by atoms with E-state index < -0.39 is 23.4 Å². The normalized spacial score (nSPS) is 14.4. The first kappa shape index (κ1) is 18.4. The van der Waals surface area contributed by atoms with E-state index in [9.17, 15) is 26.7 Å². The van der Waals surface area contributed by atoms with E-state index in [0.717, 1.165) is 24.9 Å². The number of nitrogens with zero attached hydrogens (tertiary/aromatic N) is 3. The molecule has 1 amide bonds. The fourth-order valence-electron chi connectivity index (χ4n) is 3.19. The Hall–Kier alpha value is -2.97. The number of alkyl halides is 3. The number of hydrogen-bond donors (Lipinski definition) is 0. The maximum Gasteiger partial charge on any atom is 0.419 e. The zero-order valence-corrected chi connectivity index (χ0v) is 14.4. The molecule has 3 heterocycles. The van der Waals surface area contributed by atoms with E-state index in [1.807, 2.05) is 0 Å². The van der Waals surface area contributed by atoms with Gasteiger partial charge in [0, 0.05) is 36.6 Å². The van der Waals surface area contributed by atoms with Gasteiger partial charge in [0.25, 0.3) is 0 Å². The quantitative estimate of drug-likeness (QED) is 0.623. The van der Waals surface area contributed by atoms with Crippen LogP contribution < -0.4 is 0 Å². The summed E-state index contributed by atoms with van der Waals surface area (Å²) in [5.74, 6) is -2.28. The Morgan fingerprint density at radius 1 is 1.18 bits per heavy atom. The summed E-state index contributed by atoms with van der Waals surface area (Å²) in [5.41, 5.74) is -1.45. The molecule has 1 fully saturated rings. The van der Waals surface area contributed by atoms with E-state index in [0.29, 0.717) is 19.2 Å². The summed E-state index contributed by atoms with van der Waals surface area (Å²) in [6.45, 7) is 1.15. The van der Waals surface area contributed by atoms with Gasteiger partial charge in [-0.1, -0.05) is 12.1 Å². The number of likely N-dealkylation sites (tertiary alicyclic amines) is 1. The zero-order chi connectivity index (χ0) is 20.1. The van der Waals surface area contributed by atoms with Crippen LogP contribution in [-0.4, -0.2) is 33.4 Å². The third-order valence-electron chi connectivity index (χ3n) is 4.80. The molecule has 28 heavy (non-hydrogen) atoms. The van der Waals surface area contributed by atoms with Crippen molar-refractivity contribution in [2.45, 2.75) is 19.1 Å². The lowest BCUT2D eigenvalue weighted by Gasteiger charge is -2.31. The lowest BCUT2D eigenvalue weighted by atomic mass is 10.0. The number of aromatic nitrogens is 2. The van der Waals surface area contributed by atoms with Gasteiger partial charge in [-0.25, -0.2) is 8.78 Å². The predicted octanol–water partition coefficient (Wildman–Crippen LogP) is 4.23. The van der Waals surface area contributed by atoms with Gasteiger partial charge in [-0.2, -0.15) is 13.2 Å². The van der Waals surface area contributed by atoms with Crippen molar-refractivity contribution in [2.75, 3.05) is 13.1 Å². The Kier molecular flexibility index (Phi) is 4.32. The largest absolute Gasteiger partial charge is 0.419 e. The summed E-state index contributed by atoms with van der Waals surface area (Å²) in [6.07, 6.45) is -1.70. The molecule has 9 heteroatoms. The highest BCUT2D eigenvalue weighted by Gasteiger charge is 2.35. The summed E-state index contributed by atoms with van der Waals surface area (Å²) in [5, 5.41) is 0. The Balaban J connectivity index is 1.77. The molecule has 0 atom stereocenters. The Bertz CT molecular complexity index is 1070. The predicted molar refractivity (Wildman–Crippen MR) is 91.3 cm³/mol. The number of halogens is 5. The zero-order valence-electron chi connectivity index (χ0n) is 14.4. The molecule has 0 N–H and O–H groups in total. The van der Waals surface area contributed by atoms with Crippen molar-refractivity contribution in [3.63, 3.8) is 0 Å². The van der Waals surface area contributed by atoms with Gasteiger partial charge >= 0.3 is 6.18 Å². The second kappa shape index (κ2) is 6.57. The first-order valence-electron chi connectivity index (χ1n) is 8.54. The second-order valence-electron chi connectivity index (χ2n) is 6.60. The van der Waals surface area contributed by atoms with Gasteiger partial charge in [0.1, 0.15) is 17.9 Å². The average molecular weight is 395 g/mol. The van der Waals surface area contributed by atoms with Crippen molar-refractivity contribution in [3.05, 3.63) is 53.9 Å². The number of amides is 1. The minimum atomic E-state index is -4.84. The van der Waals surface area contributed by atoms with Gasteiger partial charge < -0.3 is 9.47 Å². The average Bonchev–Trinajstić information content (AvgIpc) is 2.87. The van der Waals surface area contributed by atoms with Gasteiger partial charge in [-0.05, 0) is 18.6 Å². The lowest BCUT2D eigenvalue weighted by molar-refractivity contribution is -0.140. The summed E-state index contributed by atoms with van der Waals surface area (Å²) in [7, 11) is 0. The third kappa shape index (κ3) is 3.10. The van der Waals surface area contributed by atoms with Crippen molar-refractivity contribution in [3.8, 4) is 11.1 Å². The fraction of sp³-hybridized carbons (Fsp3) is 0.263. The van der Waals surface area contributed by atoms with Crippen molar-refractivity contribution in [2.24, 2.45) is 0 Å². The van der Waals surface area contributed by atoms with Crippen LogP contribution in [0.25, 0.3) is 22.2 Å². The summed E-state index contributed by atoms with van der Waals surface area (Å²) in [4.78, 5) is 17.7. The topological polar surface area (TPSA) is 38.1 Å². The summed E-state index contributed by atoms with van der Waals surface area (Å²) >= 11 is 0. The highest BCUT2D eigenvalue weighted by Crippen LogP contribution is 2.36. The minimum absolute atomic E-state index is 0.0347. The Morgan fingerprint density at radius 3 is 2.57 bits per heavy atom. The molecule has 0 saturated carbocycles. The Labute approximate surface area is 156 Å². The standard InChI is InChI=1S/C19H14F5N3O/c20-14-9-27(10-16(28)26-5-2-6-26)15-7-11(8-25-18(14)15)12-3-1-4-13(17(12)21)19(22,23)24/h1,3-4,7-9H,2,5-6,10H2. The molecule has 1 aliphatic heterocycles. The van der Waals surface area contributed by atoms with Crippen LogP contribution in [0.3, 0.4) is 0 Å². The molecular weight excluding hydrogens is 381 g/mol. The molecule has 146 valence electrons. The number of rotatable bonds is 3. The van der Waals surface area contributed by atoms with Crippen molar-refractivity contribution in [1.82, 2.24) is 14.5 Å². The van der Waals surface area contributed by atoms with Gasteiger partial charge in [0.15, 0.2) is 5.82 Å². The van der Waals surface area contributed by atoms with E-state index in [-0.39, 0.29) is 34.6 Å². The van der Waals surface area contributed by atoms with Crippen LogP contribution in [-0.2, 0) is 17.5 Å². The minimum Gasteiger partial charge on any atom is -0.341 e. The summed E-state index contributed by atoms with van der Waals surface area (Å²) < 4.78 is 68.9. The number of fused-ring (bicyclic) bond motifs is 1. The van der Waals surface area contributed by atoms with Gasteiger partial charge in [-0.3, -0.25) is 9.78 Å². The summed E-state index contributed by atoms with van der Waals surface area (Å²) in [6, 6.07) is 4.28. The molecule has 2 aromatic heterocycles. The maximum atomic E-state index is 14.4. The molecule has 1 aromatic carbocycles. The van der Waals surface area contributed by atoms with Crippen LogP contribution in [0.2, 0.25) is 0 Å². The second-order valence-corrected chi connectivity index (χ2v) is 6.60. The molecule has 0 spiro atoms. The van der Waals surface area contributed by atoms with Crippen LogP contribution >= 0.6 is 0 Å². The van der Waals surface area contributed by atoms with Crippen molar-refractivity contribution in [1.29, 1.82) is 0 Å². The first-order valence-corrected chi connectivity index (χ1v) is 8.54. The van der Waals surface area contributed by atoms with Gasteiger partial charge in [0.2, 0.25) is 5.91 Å². The lowest BCUT2D eigenvalue weighted by Crippen LogP contribution is -2.43. The molecule has 0 radical (unpaired) electrons. The van der Waals surface area contributed by atoms with Gasteiger partial charge in [0.05, 0.1) is 11.1 Å². The smallest absolute Gasteiger partial charge is 0.341 e. The molecule has 1 saturated heterocycles. The molecule has 0 bridgehead atoms. The highest BCUT2D eigenvalue weighted by atomic mass is 19.4. The Morgan fingerprint density at radius 2 is 1.93 bits per heavy atom. The molecule has 3 aromatic rings. The fourth-order valence-corrected chi connectivity index (χ4v) is 3.19. The van der Waals surface area contributed by atoms with E-state index in [2.05, 4.69) is 4.98 Å².